The highest BCUT2D eigenvalue weighted by Gasteiger charge is 2.01. The molecule has 0 fully saturated rings. The molecule has 0 aromatic heterocycles. The van der Waals surface area contributed by atoms with Crippen LogP contribution in [-0.2, 0) is 6.42 Å². The fourth-order valence-electron chi connectivity index (χ4n) is 2.87. The van der Waals surface area contributed by atoms with Gasteiger partial charge in [0.25, 0.3) is 0 Å². The van der Waals surface area contributed by atoms with Crippen LogP contribution in [0, 0.1) is 0 Å². The molecule has 0 spiro atoms. The van der Waals surface area contributed by atoms with Gasteiger partial charge in [-0.25, -0.2) is 0 Å². The SMILES string of the molecule is NCCCc1cccc(/C=C/c2ccccc2-c2ccccc2)c1. The van der Waals surface area contributed by atoms with Gasteiger partial charge in [-0.05, 0) is 47.2 Å². The number of benzene rings is 3. The zero-order valence-electron chi connectivity index (χ0n) is 13.9. The Morgan fingerprint density at radius 3 is 2.38 bits per heavy atom. The van der Waals surface area contributed by atoms with Crippen molar-refractivity contribution in [3.05, 3.63) is 95.6 Å². The van der Waals surface area contributed by atoms with Gasteiger partial charge in [0.15, 0.2) is 0 Å². The fraction of sp³-hybridized carbons (Fsp3) is 0.130. The second kappa shape index (κ2) is 8.28. The highest BCUT2D eigenvalue weighted by molar-refractivity contribution is 5.80. The average Bonchev–Trinajstić information content (AvgIpc) is 2.66. The highest BCUT2D eigenvalue weighted by atomic mass is 14.5. The summed E-state index contributed by atoms with van der Waals surface area (Å²) in [5, 5.41) is 0. The monoisotopic (exact) mass is 313 g/mol. The predicted molar refractivity (Wildman–Crippen MR) is 105 cm³/mol. The first-order valence-corrected chi connectivity index (χ1v) is 8.48. The van der Waals surface area contributed by atoms with Crippen LogP contribution in [0.5, 0.6) is 0 Å². The quantitative estimate of drug-likeness (QED) is 0.605. The molecule has 24 heavy (non-hydrogen) atoms. The maximum atomic E-state index is 5.61. The van der Waals surface area contributed by atoms with Crippen LogP contribution in [0.4, 0.5) is 0 Å². The van der Waals surface area contributed by atoms with E-state index in [9.17, 15) is 0 Å². The fourth-order valence-corrected chi connectivity index (χ4v) is 2.87. The van der Waals surface area contributed by atoms with E-state index in [1.165, 1.54) is 27.8 Å². The molecule has 3 aromatic carbocycles. The van der Waals surface area contributed by atoms with Gasteiger partial charge in [0.2, 0.25) is 0 Å². The van der Waals surface area contributed by atoms with Crippen LogP contribution in [0.1, 0.15) is 23.1 Å². The summed E-state index contributed by atoms with van der Waals surface area (Å²) >= 11 is 0. The van der Waals surface area contributed by atoms with Gasteiger partial charge in [-0.1, -0.05) is 91.0 Å². The van der Waals surface area contributed by atoms with Gasteiger partial charge in [0.1, 0.15) is 0 Å². The summed E-state index contributed by atoms with van der Waals surface area (Å²) in [5.74, 6) is 0. The molecule has 2 N–H and O–H groups in total. The largest absolute Gasteiger partial charge is 0.330 e. The minimum atomic E-state index is 0.741. The Morgan fingerprint density at radius 2 is 1.54 bits per heavy atom. The third-order valence-electron chi connectivity index (χ3n) is 4.12. The molecule has 1 heteroatoms. The Morgan fingerprint density at radius 1 is 0.750 bits per heavy atom. The van der Waals surface area contributed by atoms with Gasteiger partial charge in [0, 0.05) is 0 Å². The lowest BCUT2D eigenvalue weighted by Crippen LogP contribution is -2.00. The van der Waals surface area contributed by atoms with E-state index in [1.54, 1.807) is 0 Å². The van der Waals surface area contributed by atoms with E-state index in [0.29, 0.717) is 0 Å². The first-order valence-electron chi connectivity index (χ1n) is 8.48. The van der Waals surface area contributed by atoms with Gasteiger partial charge >= 0.3 is 0 Å². The molecule has 0 radical (unpaired) electrons. The minimum absolute atomic E-state index is 0.741. The molecule has 0 atom stereocenters. The zero-order chi connectivity index (χ0) is 16.6. The summed E-state index contributed by atoms with van der Waals surface area (Å²) in [6.45, 7) is 0.741. The van der Waals surface area contributed by atoms with E-state index in [1.807, 2.05) is 0 Å². The summed E-state index contributed by atoms with van der Waals surface area (Å²) in [4.78, 5) is 0. The van der Waals surface area contributed by atoms with Crippen molar-refractivity contribution in [1.82, 2.24) is 0 Å². The van der Waals surface area contributed by atoms with Gasteiger partial charge < -0.3 is 5.73 Å². The van der Waals surface area contributed by atoms with Gasteiger partial charge in [-0.3, -0.25) is 0 Å². The maximum Gasteiger partial charge on any atom is -0.00741 e. The molecule has 0 amide bonds. The molecule has 3 aromatic rings. The van der Waals surface area contributed by atoms with E-state index in [0.717, 1.165) is 19.4 Å². The molecular weight excluding hydrogens is 290 g/mol. The molecular formula is C23H23N. The number of hydrogen-bond acceptors (Lipinski definition) is 1. The van der Waals surface area contributed by atoms with Crippen LogP contribution in [0.25, 0.3) is 23.3 Å². The summed E-state index contributed by atoms with van der Waals surface area (Å²) in [6.07, 6.45) is 6.46. The predicted octanol–water partition coefficient (Wildman–Crippen LogP) is 5.42. The van der Waals surface area contributed by atoms with Crippen LogP contribution in [0.3, 0.4) is 0 Å². The van der Waals surface area contributed by atoms with Crippen molar-refractivity contribution in [2.24, 2.45) is 5.73 Å². The Bertz CT molecular complexity index is 803. The molecule has 0 saturated carbocycles. The van der Waals surface area contributed by atoms with Crippen LogP contribution < -0.4 is 5.73 Å². The van der Waals surface area contributed by atoms with E-state index in [4.69, 9.17) is 5.73 Å². The Balaban J connectivity index is 1.85. The Hall–Kier alpha value is -2.64. The van der Waals surface area contributed by atoms with E-state index < -0.39 is 0 Å². The van der Waals surface area contributed by atoms with E-state index >= 15 is 0 Å². The molecule has 3 rings (SSSR count). The summed E-state index contributed by atoms with van der Waals surface area (Å²) in [6, 6.07) is 27.7. The standard InChI is InChI=1S/C23H23N/c24-17-7-10-19-8-6-9-20(18-19)15-16-22-13-4-5-14-23(22)21-11-2-1-3-12-21/h1-6,8-9,11-16,18H,7,10,17,24H2/b16-15+. The number of rotatable bonds is 6. The van der Waals surface area contributed by atoms with Crippen LogP contribution in [0.2, 0.25) is 0 Å². The molecule has 120 valence electrons. The number of hydrogen-bond donors (Lipinski definition) is 1. The van der Waals surface area contributed by atoms with Gasteiger partial charge in [0.05, 0.1) is 0 Å². The van der Waals surface area contributed by atoms with Crippen molar-refractivity contribution in [2.75, 3.05) is 6.54 Å². The number of nitrogens with two attached hydrogens (primary N) is 1. The lowest BCUT2D eigenvalue weighted by molar-refractivity contribution is 0.832. The van der Waals surface area contributed by atoms with Crippen molar-refractivity contribution in [2.45, 2.75) is 12.8 Å². The average molecular weight is 313 g/mol. The smallest absolute Gasteiger partial charge is 0.00741 e. The van der Waals surface area contributed by atoms with E-state index in [-0.39, 0.29) is 0 Å². The van der Waals surface area contributed by atoms with Crippen molar-refractivity contribution >= 4 is 12.2 Å². The normalized spacial score (nSPS) is 11.0. The van der Waals surface area contributed by atoms with Crippen LogP contribution in [0.15, 0.2) is 78.9 Å². The lowest BCUT2D eigenvalue weighted by atomic mass is 9.98. The van der Waals surface area contributed by atoms with Crippen molar-refractivity contribution in [1.29, 1.82) is 0 Å². The summed E-state index contributed by atoms with van der Waals surface area (Å²) in [7, 11) is 0. The van der Waals surface area contributed by atoms with Gasteiger partial charge in [-0.2, -0.15) is 0 Å². The lowest BCUT2D eigenvalue weighted by Gasteiger charge is -2.06. The molecule has 0 aliphatic rings. The maximum absolute atomic E-state index is 5.61. The zero-order valence-corrected chi connectivity index (χ0v) is 13.9. The number of aryl methyl sites for hydroxylation is 1. The van der Waals surface area contributed by atoms with Crippen LogP contribution >= 0.6 is 0 Å². The van der Waals surface area contributed by atoms with E-state index in [2.05, 4.69) is 91.0 Å². The van der Waals surface area contributed by atoms with Crippen molar-refractivity contribution in [3.8, 4) is 11.1 Å². The molecule has 1 nitrogen and oxygen atoms in total. The molecule has 0 heterocycles. The summed E-state index contributed by atoms with van der Waals surface area (Å²) in [5.41, 5.74) is 11.9. The second-order valence-electron chi connectivity index (χ2n) is 5.92. The van der Waals surface area contributed by atoms with Crippen molar-refractivity contribution in [3.63, 3.8) is 0 Å². The van der Waals surface area contributed by atoms with Crippen LogP contribution in [-0.4, -0.2) is 6.54 Å². The molecule has 0 aliphatic carbocycles. The van der Waals surface area contributed by atoms with Crippen molar-refractivity contribution < 1.29 is 0 Å². The topological polar surface area (TPSA) is 26.0 Å². The first kappa shape index (κ1) is 16.2. The van der Waals surface area contributed by atoms with Gasteiger partial charge in [-0.15, -0.1) is 0 Å². The second-order valence-corrected chi connectivity index (χ2v) is 5.92. The minimum Gasteiger partial charge on any atom is -0.330 e. The third kappa shape index (κ3) is 4.21. The summed E-state index contributed by atoms with van der Waals surface area (Å²) < 4.78 is 0. The molecule has 0 unspecified atom stereocenters. The Labute approximate surface area is 144 Å². The highest BCUT2D eigenvalue weighted by Crippen LogP contribution is 2.25. The first-order chi connectivity index (χ1) is 11.9. The molecule has 0 saturated heterocycles. The molecule has 0 bridgehead atoms. The molecule has 0 aliphatic heterocycles. The third-order valence-corrected chi connectivity index (χ3v) is 4.12. The Kier molecular flexibility index (Phi) is 5.60.